The van der Waals surface area contributed by atoms with E-state index < -0.39 is 10.8 Å². The van der Waals surface area contributed by atoms with Crippen molar-refractivity contribution in [1.29, 1.82) is 0 Å². The first-order chi connectivity index (χ1) is 13.5. The number of amides is 1. The molecule has 6 heteroatoms. The second-order valence-electron chi connectivity index (χ2n) is 7.42. The second-order valence-corrected chi connectivity index (χ2v) is 8.86. The molecule has 1 heterocycles. The monoisotopic (exact) mass is 400 g/mol. The van der Waals surface area contributed by atoms with Crippen molar-refractivity contribution < 1.29 is 14.1 Å². The van der Waals surface area contributed by atoms with E-state index in [0.717, 1.165) is 43.6 Å². The van der Waals surface area contributed by atoms with E-state index in [-0.39, 0.29) is 12.0 Å². The molecule has 1 saturated heterocycles. The van der Waals surface area contributed by atoms with Crippen molar-refractivity contribution in [2.75, 3.05) is 19.3 Å². The summed E-state index contributed by atoms with van der Waals surface area (Å²) in [6.45, 7) is 3.23. The zero-order valence-electron chi connectivity index (χ0n) is 16.3. The number of nitrogens with one attached hydrogen (secondary N) is 1. The van der Waals surface area contributed by atoms with Gasteiger partial charge in [0.05, 0.1) is 6.10 Å². The van der Waals surface area contributed by atoms with E-state index >= 15 is 0 Å². The molecule has 2 N–H and O–H groups in total. The number of hydrogen-bond donors (Lipinski definition) is 2. The first kappa shape index (κ1) is 20.7. The van der Waals surface area contributed by atoms with E-state index in [1.54, 1.807) is 18.4 Å². The van der Waals surface area contributed by atoms with Gasteiger partial charge >= 0.3 is 0 Å². The van der Waals surface area contributed by atoms with Crippen LogP contribution in [0.2, 0.25) is 0 Å². The molecule has 28 heavy (non-hydrogen) atoms. The molecule has 0 radical (unpaired) electrons. The van der Waals surface area contributed by atoms with E-state index in [0.29, 0.717) is 17.9 Å². The predicted molar refractivity (Wildman–Crippen MR) is 112 cm³/mol. The molecule has 0 spiro atoms. The summed E-state index contributed by atoms with van der Waals surface area (Å²) in [7, 11) is -0.926. The summed E-state index contributed by atoms with van der Waals surface area (Å²) in [4.78, 5) is 14.8. The van der Waals surface area contributed by atoms with Gasteiger partial charge in [0, 0.05) is 54.6 Å². The Morgan fingerprint density at radius 1 is 1.11 bits per heavy atom. The summed E-state index contributed by atoms with van der Waals surface area (Å²) in [6.07, 6.45) is 3.20. The SMILES string of the molecule is CS(=O)Cc1cccc(C(=O)NCc2ccc(CN3CCC(O)CC3)cc2)c1. The van der Waals surface area contributed by atoms with Crippen molar-refractivity contribution in [2.45, 2.75) is 37.8 Å². The van der Waals surface area contributed by atoms with Crippen LogP contribution in [-0.2, 0) is 29.6 Å². The Kier molecular flexibility index (Phi) is 7.36. The fourth-order valence-corrected chi connectivity index (χ4v) is 4.07. The average Bonchev–Trinajstić information content (AvgIpc) is 2.69. The number of carbonyl (C=O) groups excluding carboxylic acids is 1. The number of piperidine rings is 1. The van der Waals surface area contributed by atoms with Gasteiger partial charge in [0.25, 0.3) is 5.91 Å². The molecule has 0 aromatic heterocycles. The van der Waals surface area contributed by atoms with Gasteiger partial charge in [-0.15, -0.1) is 0 Å². The van der Waals surface area contributed by atoms with Crippen LogP contribution in [0.15, 0.2) is 48.5 Å². The minimum atomic E-state index is -0.926. The Hall–Kier alpha value is -2.02. The zero-order valence-corrected chi connectivity index (χ0v) is 17.1. The maximum Gasteiger partial charge on any atom is 0.251 e. The van der Waals surface area contributed by atoms with Crippen LogP contribution in [0.3, 0.4) is 0 Å². The van der Waals surface area contributed by atoms with Crippen molar-refractivity contribution in [1.82, 2.24) is 10.2 Å². The molecule has 5 nitrogen and oxygen atoms in total. The number of carbonyl (C=O) groups is 1. The maximum atomic E-state index is 12.4. The van der Waals surface area contributed by atoms with Gasteiger partial charge in [-0.3, -0.25) is 13.9 Å². The lowest BCUT2D eigenvalue weighted by molar-refractivity contribution is 0.0792. The first-order valence-electron chi connectivity index (χ1n) is 9.65. The quantitative estimate of drug-likeness (QED) is 0.749. The van der Waals surface area contributed by atoms with Crippen molar-refractivity contribution in [3.63, 3.8) is 0 Å². The van der Waals surface area contributed by atoms with Crippen LogP contribution in [-0.4, -0.2) is 45.6 Å². The topological polar surface area (TPSA) is 69.6 Å². The molecule has 1 amide bonds. The Morgan fingerprint density at radius 3 is 2.46 bits per heavy atom. The maximum absolute atomic E-state index is 12.4. The summed E-state index contributed by atoms with van der Waals surface area (Å²) in [5, 5.41) is 12.5. The lowest BCUT2D eigenvalue weighted by Gasteiger charge is -2.29. The van der Waals surface area contributed by atoms with Gasteiger partial charge in [-0.2, -0.15) is 0 Å². The normalized spacial score (nSPS) is 16.6. The number of likely N-dealkylation sites (tertiary alicyclic amines) is 1. The predicted octanol–water partition coefficient (Wildman–Crippen LogP) is 2.45. The molecule has 1 unspecified atom stereocenters. The van der Waals surface area contributed by atoms with Gasteiger partial charge < -0.3 is 10.4 Å². The Morgan fingerprint density at radius 2 is 1.79 bits per heavy atom. The summed E-state index contributed by atoms with van der Waals surface area (Å²) >= 11 is 0. The minimum absolute atomic E-state index is 0.125. The van der Waals surface area contributed by atoms with Crippen molar-refractivity contribution in [3.05, 3.63) is 70.8 Å². The molecular weight excluding hydrogens is 372 g/mol. The van der Waals surface area contributed by atoms with Gasteiger partial charge in [-0.1, -0.05) is 36.4 Å². The minimum Gasteiger partial charge on any atom is -0.393 e. The van der Waals surface area contributed by atoms with E-state index in [4.69, 9.17) is 0 Å². The highest BCUT2D eigenvalue weighted by Crippen LogP contribution is 2.14. The third-order valence-corrected chi connectivity index (χ3v) is 5.74. The second kappa shape index (κ2) is 9.96. The molecule has 2 aromatic carbocycles. The number of rotatable bonds is 7. The van der Waals surface area contributed by atoms with Crippen LogP contribution < -0.4 is 5.32 Å². The largest absolute Gasteiger partial charge is 0.393 e. The molecule has 0 aliphatic carbocycles. The molecule has 1 fully saturated rings. The number of nitrogens with zero attached hydrogens (tertiary/aromatic N) is 1. The van der Waals surface area contributed by atoms with E-state index in [2.05, 4.69) is 22.3 Å². The number of aliphatic hydroxyl groups is 1. The van der Waals surface area contributed by atoms with Crippen molar-refractivity contribution >= 4 is 16.7 Å². The Bertz CT molecular complexity index is 815. The van der Waals surface area contributed by atoms with Crippen LogP contribution in [0.25, 0.3) is 0 Å². The highest BCUT2D eigenvalue weighted by molar-refractivity contribution is 7.83. The van der Waals surface area contributed by atoms with Crippen LogP contribution in [0.1, 0.15) is 39.9 Å². The molecule has 150 valence electrons. The molecule has 1 aliphatic rings. The molecular formula is C22H28N2O3S. The summed E-state index contributed by atoms with van der Waals surface area (Å²) in [5.41, 5.74) is 3.79. The van der Waals surface area contributed by atoms with Crippen LogP contribution in [0.5, 0.6) is 0 Å². The molecule has 1 aliphatic heterocycles. The number of benzene rings is 2. The van der Waals surface area contributed by atoms with E-state index in [1.807, 2.05) is 24.3 Å². The van der Waals surface area contributed by atoms with Crippen molar-refractivity contribution in [2.24, 2.45) is 0 Å². The highest BCUT2D eigenvalue weighted by atomic mass is 32.2. The highest BCUT2D eigenvalue weighted by Gasteiger charge is 2.16. The number of aliphatic hydroxyl groups excluding tert-OH is 1. The van der Waals surface area contributed by atoms with Gasteiger partial charge in [-0.25, -0.2) is 0 Å². The molecule has 0 saturated carbocycles. The van der Waals surface area contributed by atoms with Crippen LogP contribution >= 0.6 is 0 Å². The fraction of sp³-hybridized carbons (Fsp3) is 0.409. The van der Waals surface area contributed by atoms with Crippen LogP contribution in [0, 0.1) is 0 Å². The van der Waals surface area contributed by atoms with Gasteiger partial charge in [-0.05, 0) is 41.7 Å². The first-order valence-corrected chi connectivity index (χ1v) is 11.4. The molecule has 2 aromatic rings. The van der Waals surface area contributed by atoms with Crippen LogP contribution in [0.4, 0.5) is 0 Å². The summed E-state index contributed by atoms with van der Waals surface area (Å²) < 4.78 is 11.4. The standard InChI is InChI=1S/C22H28N2O3S/c1-28(27)16-19-3-2-4-20(13-19)22(26)23-14-17-5-7-18(8-6-17)15-24-11-9-21(25)10-12-24/h2-8,13,21,25H,9-12,14-16H2,1H3,(H,23,26). The lowest BCUT2D eigenvalue weighted by Crippen LogP contribution is -2.35. The molecule has 3 rings (SSSR count). The number of hydrogen-bond acceptors (Lipinski definition) is 4. The van der Waals surface area contributed by atoms with Gasteiger partial charge in [0.1, 0.15) is 0 Å². The Balaban J connectivity index is 1.50. The molecule has 0 bridgehead atoms. The third kappa shape index (κ3) is 6.26. The van der Waals surface area contributed by atoms with Crippen molar-refractivity contribution in [3.8, 4) is 0 Å². The zero-order chi connectivity index (χ0) is 19.9. The van der Waals surface area contributed by atoms with E-state index in [9.17, 15) is 14.1 Å². The Labute approximate surface area is 169 Å². The summed E-state index contributed by atoms with van der Waals surface area (Å²) in [5.74, 6) is 0.332. The fourth-order valence-electron chi connectivity index (χ4n) is 3.42. The smallest absolute Gasteiger partial charge is 0.251 e. The third-order valence-electron chi connectivity index (χ3n) is 5.00. The average molecular weight is 401 g/mol. The summed E-state index contributed by atoms with van der Waals surface area (Å²) in [6, 6.07) is 15.6. The van der Waals surface area contributed by atoms with Gasteiger partial charge in [0.15, 0.2) is 0 Å². The lowest BCUT2D eigenvalue weighted by atomic mass is 10.1. The van der Waals surface area contributed by atoms with Gasteiger partial charge in [0.2, 0.25) is 0 Å². The molecule has 1 atom stereocenters. The van der Waals surface area contributed by atoms with E-state index in [1.165, 1.54) is 5.56 Å².